The molecule has 2 atom stereocenters. The topological polar surface area (TPSA) is 20.3 Å². The predicted molar refractivity (Wildman–Crippen MR) is 59.2 cm³/mol. The molecule has 1 rings (SSSR count). The molecule has 1 aliphatic heterocycles. The quantitative estimate of drug-likeness (QED) is 0.691. The number of rotatable bonds is 3. The summed E-state index contributed by atoms with van der Waals surface area (Å²) in [5.74, 6) is 1.83. The van der Waals surface area contributed by atoms with Crippen molar-refractivity contribution in [3.8, 4) is 0 Å². The molecule has 1 saturated heterocycles. The molecule has 14 heavy (non-hydrogen) atoms. The Hall–Kier alpha value is -0.370. The first kappa shape index (κ1) is 11.7. The largest absolute Gasteiger partial charge is 0.298 e. The lowest BCUT2D eigenvalue weighted by Crippen LogP contribution is -2.34. The van der Waals surface area contributed by atoms with E-state index in [9.17, 15) is 4.79 Å². The van der Waals surface area contributed by atoms with Crippen LogP contribution in [0.25, 0.3) is 0 Å². The summed E-state index contributed by atoms with van der Waals surface area (Å²) in [5.41, 5.74) is 0. The number of ketones is 1. The van der Waals surface area contributed by atoms with Gasteiger partial charge in [-0.25, -0.2) is 0 Å². The number of likely N-dealkylation sites (N-methyl/N-ethyl adjacent to an activating group) is 1. The molecule has 0 spiro atoms. The summed E-state index contributed by atoms with van der Waals surface area (Å²) < 4.78 is 0. The Balaban J connectivity index is 2.64. The highest BCUT2D eigenvalue weighted by atomic mass is 16.1. The maximum absolute atomic E-state index is 12.1. The van der Waals surface area contributed by atoms with Gasteiger partial charge in [0.15, 0.2) is 5.78 Å². The first-order valence-corrected chi connectivity index (χ1v) is 5.67. The summed E-state index contributed by atoms with van der Waals surface area (Å²) in [7, 11) is 2.07. The zero-order chi connectivity index (χ0) is 10.9. The Morgan fingerprint density at radius 2 is 1.93 bits per heavy atom. The van der Waals surface area contributed by atoms with Crippen LogP contribution in [0.15, 0.2) is 0 Å². The molecule has 2 nitrogen and oxygen atoms in total. The molecule has 2 unspecified atom stereocenters. The molecule has 2 heteroatoms. The minimum absolute atomic E-state index is 0.166. The number of carbonyl (C=O) groups excluding carboxylic acids is 1. The number of Topliss-reactive ketones (excluding diaryl/α,β-unsaturated/α-hetero) is 1. The molecular formula is C12H23NO. The van der Waals surface area contributed by atoms with Gasteiger partial charge in [-0.2, -0.15) is 0 Å². The maximum Gasteiger partial charge on any atom is 0.154 e. The van der Waals surface area contributed by atoms with Crippen molar-refractivity contribution in [3.05, 3.63) is 0 Å². The molecule has 82 valence electrons. The second-order valence-electron chi connectivity index (χ2n) is 5.36. The third-order valence-corrected chi connectivity index (χ3v) is 3.06. The summed E-state index contributed by atoms with van der Waals surface area (Å²) >= 11 is 0. The molecule has 0 N–H and O–H groups in total. The molecule has 0 aromatic rings. The predicted octanol–water partition coefficient (Wildman–Crippen LogP) is 2.19. The number of carbonyl (C=O) groups is 1. The average molecular weight is 197 g/mol. The Labute approximate surface area is 87.7 Å². The Morgan fingerprint density at radius 1 is 1.36 bits per heavy atom. The van der Waals surface area contributed by atoms with Crippen LogP contribution in [-0.4, -0.2) is 30.3 Å². The van der Waals surface area contributed by atoms with Crippen molar-refractivity contribution in [2.24, 2.45) is 17.8 Å². The zero-order valence-corrected chi connectivity index (χ0v) is 10.1. The van der Waals surface area contributed by atoms with Crippen LogP contribution in [0.2, 0.25) is 0 Å². The normalized spacial score (nSPS) is 29.5. The summed E-state index contributed by atoms with van der Waals surface area (Å²) in [4.78, 5) is 14.3. The lowest BCUT2D eigenvalue weighted by molar-refractivity contribution is -0.123. The van der Waals surface area contributed by atoms with Crippen molar-refractivity contribution in [2.75, 3.05) is 13.6 Å². The summed E-state index contributed by atoms with van der Waals surface area (Å²) in [6.07, 6.45) is 1.05. The molecule has 0 saturated carbocycles. The van der Waals surface area contributed by atoms with Crippen LogP contribution >= 0.6 is 0 Å². The smallest absolute Gasteiger partial charge is 0.154 e. The van der Waals surface area contributed by atoms with Gasteiger partial charge in [0.25, 0.3) is 0 Å². The molecule has 0 amide bonds. The molecule has 0 radical (unpaired) electrons. The lowest BCUT2D eigenvalue weighted by Gasteiger charge is -2.20. The monoisotopic (exact) mass is 197 g/mol. The number of hydrogen-bond acceptors (Lipinski definition) is 2. The molecule has 0 aliphatic carbocycles. The van der Waals surface area contributed by atoms with Gasteiger partial charge in [0.05, 0.1) is 6.04 Å². The molecule has 0 bridgehead atoms. The van der Waals surface area contributed by atoms with E-state index >= 15 is 0 Å². The molecular weight excluding hydrogens is 174 g/mol. The van der Waals surface area contributed by atoms with Gasteiger partial charge < -0.3 is 0 Å². The Bertz CT molecular complexity index is 210. The van der Waals surface area contributed by atoms with E-state index in [1.165, 1.54) is 0 Å². The first-order valence-electron chi connectivity index (χ1n) is 5.67. The van der Waals surface area contributed by atoms with Crippen molar-refractivity contribution in [1.82, 2.24) is 4.90 Å². The van der Waals surface area contributed by atoms with Crippen molar-refractivity contribution in [3.63, 3.8) is 0 Å². The van der Waals surface area contributed by atoms with E-state index in [2.05, 4.69) is 39.6 Å². The van der Waals surface area contributed by atoms with Crippen LogP contribution < -0.4 is 0 Å². The van der Waals surface area contributed by atoms with Crippen molar-refractivity contribution >= 4 is 5.78 Å². The van der Waals surface area contributed by atoms with E-state index in [0.717, 1.165) is 13.0 Å². The SMILES string of the molecule is CC(C)CC1CN(C)C(C(C)C)C1=O. The number of hydrogen-bond donors (Lipinski definition) is 0. The molecule has 1 fully saturated rings. The zero-order valence-electron chi connectivity index (χ0n) is 10.1. The second kappa shape index (κ2) is 4.43. The molecule has 0 aromatic heterocycles. The minimum Gasteiger partial charge on any atom is -0.298 e. The summed E-state index contributed by atoms with van der Waals surface area (Å²) in [6, 6.07) is 0.166. The fourth-order valence-electron chi connectivity index (χ4n) is 2.61. The fourth-order valence-corrected chi connectivity index (χ4v) is 2.61. The van der Waals surface area contributed by atoms with E-state index < -0.39 is 0 Å². The highest BCUT2D eigenvalue weighted by Gasteiger charge is 2.39. The van der Waals surface area contributed by atoms with Gasteiger partial charge in [-0.1, -0.05) is 27.7 Å². The maximum atomic E-state index is 12.1. The van der Waals surface area contributed by atoms with E-state index in [4.69, 9.17) is 0 Å². The van der Waals surface area contributed by atoms with E-state index in [1.807, 2.05) is 0 Å². The average Bonchev–Trinajstić information content (AvgIpc) is 2.25. The first-order chi connectivity index (χ1) is 6.43. The van der Waals surface area contributed by atoms with Gasteiger partial charge in [-0.3, -0.25) is 9.69 Å². The van der Waals surface area contributed by atoms with Crippen LogP contribution in [0, 0.1) is 17.8 Å². The fraction of sp³-hybridized carbons (Fsp3) is 0.917. The van der Waals surface area contributed by atoms with Gasteiger partial charge in [-0.15, -0.1) is 0 Å². The van der Waals surface area contributed by atoms with Crippen molar-refractivity contribution in [2.45, 2.75) is 40.2 Å². The molecule has 0 aromatic carbocycles. The summed E-state index contributed by atoms with van der Waals surface area (Å²) in [5, 5.41) is 0. The highest BCUT2D eigenvalue weighted by molar-refractivity contribution is 5.88. The van der Waals surface area contributed by atoms with E-state index in [1.54, 1.807) is 0 Å². The Morgan fingerprint density at radius 3 is 2.29 bits per heavy atom. The van der Waals surface area contributed by atoms with E-state index in [0.29, 0.717) is 17.6 Å². The minimum atomic E-state index is 0.166. The van der Waals surface area contributed by atoms with Gasteiger partial charge in [0.2, 0.25) is 0 Å². The third-order valence-electron chi connectivity index (χ3n) is 3.06. The van der Waals surface area contributed by atoms with Gasteiger partial charge in [0.1, 0.15) is 0 Å². The van der Waals surface area contributed by atoms with Gasteiger partial charge >= 0.3 is 0 Å². The third kappa shape index (κ3) is 2.35. The van der Waals surface area contributed by atoms with Crippen molar-refractivity contribution < 1.29 is 4.79 Å². The van der Waals surface area contributed by atoms with Gasteiger partial charge in [0, 0.05) is 12.5 Å². The highest BCUT2D eigenvalue weighted by Crippen LogP contribution is 2.27. The Kier molecular flexibility index (Phi) is 3.71. The van der Waals surface area contributed by atoms with Crippen LogP contribution in [0.3, 0.4) is 0 Å². The van der Waals surface area contributed by atoms with Crippen LogP contribution in [-0.2, 0) is 4.79 Å². The number of likely N-dealkylation sites (tertiary alicyclic amines) is 1. The number of nitrogens with zero attached hydrogens (tertiary/aromatic N) is 1. The van der Waals surface area contributed by atoms with E-state index in [-0.39, 0.29) is 12.0 Å². The summed E-state index contributed by atoms with van der Waals surface area (Å²) in [6.45, 7) is 9.61. The second-order valence-corrected chi connectivity index (χ2v) is 5.36. The lowest BCUT2D eigenvalue weighted by atomic mass is 9.90. The molecule has 1 aliphatic rings. The van der Waals surface area contributed by atoms with Crippen molar-refractivity contribution in [1.29, 1.82) is 0 Å². The van der Waals surface area contributed by atoms with Crippen LogP contribution in [0.4, 0.5) is 0 Å². The van der Waals surface area contributed by atoms with Crippen LogP contribution in [0.1, 0.15) is 34.1 Å². The standard InChI is InChI=1S/C12H23NO/c1-8(2)6-10-7-13(5)11(9(3)4)12(10)14/h8-11H,6-7H2,1-5H3. The van der Waals surface area contributed by atoms with Crippen LogP contribution in [0.5, 0.6) is 0 Å². The molecule has 1 heterocycles. The van der Waals surface area contributed by atoms with Gasteiger partial charge in [-0.05, 0) is 25.3 Å².